The van der Waals surface area contributed by atoms with E-state index < -0.39 is 0 Å². The van der Waals surface area contributed by atoms with Crippen LogP contribution < -0.4 is 0 Å². The summed E-state index contributed by atoms with van der Waals surface area (Å²) in [6.45, 7) is 12.3. The largest absolute Gasteiger partial charge is 0.323 e. The van der Waals surface area contributed by atoms with E-state index in [2.05, 4.69) is 33.6 Å². The van der Waals surface area contributed by atoms with Gasteiger partial charge in [-0.25, -0.2) is 0 Å². The Morgan fingerprint density at radius 3 is 1.57 bits per heavy atom. The quantitative estimate of drug-likeness (QED) is 0.177. The van der Waals surface area contributed by atoms with E-state index >= 15 is 0 Å². The lowest BCUT2D eigenvalue weighted by Crippen LogP contribution is -2.45. The van der Waals surface area contributed by atoms with Crippen molar-refractivity contribution < 1.29 is 4.48 Å². The average Bonchev–Trinajstić information content (AvgIpc) is 2.47. The van der Waals surface area contributed by atoms with Gasteiger partial charge in [-0.1, -0.05) is 78.2 Å². The molecule has 0 fully saturated rings. The third-order valence-electron chi connectivity index (χ3n) is 4.67. The van der Waals surface area contributed by atoms with Crippen LogP contribution in [0.5, 0.6) is 0 Å². The van der Waals surface area contributed by atoms with E-state index in [1.807, 2.05) is 0 Å². The van der Waals surface area contributed by atoms with Crippen LogP contribution in [-0.4, -0.2) is 31.2 Å². The van der Waals surface area contributed by atoms with E-state index in [1.165, 1.54) is 94.6 Å². The average molecular weight is 297 g/mol. The highest BCUT2D eigenvalue weighted by Gasteiger charge is 2.18. The van der Waals surface area contributed by atoms with Crippen molar-refractivity contribution >= 4 is 0 Å². The number of unbranched alkanes of at least 4 members (excludes halogenated alkanes) is 10. The van der Waals surface area contributed by atoms with Crippen LogP contribution in [-0.2, 0) is 0 Å². The fraction of sp³-hybridized carbons (Fsp3) is 0.900. The van der Waals surface area contributed by atoms with Crippen LogP contribution in [0.4, 0.5) is 0 Å². The molecule has 0 saturated carbocycles. The second-order valence-corrected chi connectivity index (χ2v) is 7.07. The molecule has 21 heavy (non-hydrogen) atoms. The summed E-state index contributed by atoms with van der Waals surface area (Å²) in [4.78, 5) is 0. The van der Waals surface area contributed by atoms with Crippen molar-refractivity contribution in [1.82, 2.24) is 0 Å². The predicted molar refractivity (Wildman–Crippen MR) is 97.7 cm³/mol. The van der Waals surface area contributed by atoms with E-state index in [4.69, 9.17) is 0 Å². The number of hydrogen-bond acceptors (Lipinski definition) is 0. The van der Waals surface area contributed by atoms with Gasteiger partial charge in [0.05, 0.1) is 26.7 Å². The molecule has 0 bridgehead atoms. The van der Waals surface area contributed by atoms with Gasteiger partial charge in [-0.3, -0.25) is 0 Å². The van der Waals surface area contributed by atoms with Gasteiger partial charge in [-0.2, -0.15) is 0 Å². The van der Waals surface area contributed by atoms with Crippen LogP contribution in [0.2, 0.25) is 0 Å². The van der Waals surface area contributed by atoms with Gasteiger partial charge in [0, 0.05) is 0 Å². The summed E-state index contributed by atoms with van der Waals surface area (Å²) >= 11 is 0. The Bertz CT molecular complexity index is 224. The van der Waals surface area contributed by atoms with E-state index in [0.29, 0.717) is 0 Å². The van der Waals surface area contributed by atoms with Gasteiger partial charge in [-0.05, 0) is 25.3 Å². The van der Waals surface area contributed by atoms with Crippen molar-refractivity contribution in [3.05, 3.63) is 12.7 Å². The van der Waals surface area contributed by atoms with E-state index in [9.17, 15) is 0 Å². The van der Waals surface area contributed by atoms with Crippen LogP contribution in [0.25, 0.3) is 0 Å². The highest BCUT2D eigenvalue weighted by Crippen LogP contribution is 2.13. The molecule has 0 aliphatic carbocycles. The molecule has 0 aliphatic heterocycles. The Hall–Kier alpha value is -0.300. The summed E-state index contributed by atoms with van der Waals surface area (Å²) < 4.78 is 1.20. The zero-order chi connectivity index (χ0) is 15.8. The molecule has 0 aromatic heterocycles. The molecule has 0 aliphatic rings. The summed E-state index contributed by atoms with van der Waals surface area (Å²) in [5.41, 5.74) is 0. The standard InChI is InChI=1S/C20H42N/c1-5-8-10-11-12-13-14-15-16-17-20-21(4,18-7-3)19-9-6-2/h7H,3,5-6,8-20H2,1-2,4H3/q+1. The van der Waals surface area contributed by atoms with Crippen molar-refractivity contribution in [3.63, 3.8) is 0 Å². The molecular formula is C20H42N+. The number of likely N-dealkylation sites (N-methyl/N-ethyl adjacent to an activating group) is 1. The molecular weight excluding hydrogens is 254 g/mol. The molecule has 0 aromatic rings. The molecule has 0 rings (SSSR count). The second kappa shape index (κ2) is 14.6. The lowest BCUT2D eigenvalue weighted by atomic mass is 10.1. The van der Waals surface area contributed by atoms with Gasteiger partial charge in [-0.15, -0.1) is 0 Å². The highest BCUT2D eigenvalue weighted by atomic mass is 15.3. The van der Waals surface area contributed by atoms with Gasteiger partial charge in [0.15, 0.2) is 0 Å². The molecule has 0 aromatic carbocycles. The lowest BCUT2D eigenvalue weighted by Gasteiger charge is -2.33. The van der Waals surface area contributed by atoms with Gasteiger partial charge in [0.2, 0.25) is 0 Å². The number of hydrogen-bond donors (Lipinski definition) is 0. The van der Waals surface area contributed by atoms with Crippen LogP contribution in [0, 0.1) is 0 Å². The fourth-order valence-corrected chi connectivity index (χ4v) is 3.13. The molecule has 126 valence electrons. The highest BCUT2D eigenvalue weighted by molar-refractivity contribution is 4.65. The minimum atomic E-state index is 1.14. The predicted octanol–water partition coefficient (Wildman–Crippen LogP) is 6.34. The molecule has 0 heterocycles. The Labute approximate surface area is 135 Å². The monoisotopic (exact) mass is 296 g/mol. The van der Waals surface area contributed by atoms with Crippen molar-refractivity contribution in [3.8, 4) is 0 Å². The molecule has 0 amide bonds. The molecule has 0 saturated heterocycles. The summed E-state index contributed by atoms with van der Waals surface area (Å²) in [6, 6.07) is 0. The Morgan fingerprint density at radius 1 is 0.667 bits per heavy atom. The first-order chi connectivity index (χ1) is 10.2. The first kappa shape index (κ1) is 20.7. The van der Waals surface area contributed by atoms with Crippen molar-refractivity contribution in [2.75, 3.05) is 26.7 Å². The molecule has 0 radical (unpaired) electrons. The SMILES string of the molecule is C=CC[N+](C)(CCCC)CCCCCCCCCCCC. The molecule has 0 spiro atoms. The Balaban J connectivity index is 3.51. The van der Waals surface area contributed by atoms with E-state index in [-0.39, 0.29) is 0 Å². The zero-order valence-electron chi connectivity index (χ0n) is 15.3. The topological polar surface area (TPSA) is 0 Å². The maximum Gasteiger partial charge on any atom is 0.0969 e. The van der Waals surface area contributed by atoms with E-state index in [0.717, 1.165) is 6.54 Å². The summed E-state index contributed by atoms with van der Waals surface area (Å²) in [5.74, 6) is 0. The Morgan fingerprint density at radius 2 is 1.10 bits per heavy atom. The molecule has 0 N–H and O–H groups in total. The van der Waals surface area contributed by atoms with Crippen LogP contribution in [0.3, 0.4) is 0 Å². The normalized spacial score (nSPS) is 14.0. The second-order valence-electron chi connectivity index (χ2n) is 7.07. The number of nitrogens with zero attached hydrogens (tertiary/aromatic N) is 1. The molecule has 1 unspecified atom stereocenters. The maximum absolute atomic E-state index is 3.94. The molecule has 1 heteroatoms. The van der Waals surface area contributed by atoms with Crippen LogP contribution in [0.15, 0.2) is 12.7 Å². The number of quaternary nitrogens is 1. The molecule has 1 nitrogen and oxygen atoms in total. The van der Waals surface area contributed by atoms with Crippen molar-refractivity contribution in [2.45, 2.75) is 90.9 Å². The molecule has 1 atom stereocenters. The summed E-state index contributed by atoms with van der Waals surface area (Å²) in [6.07, 6.45) is 19.1. The smallest absolute Gasteiger partial charge is 0.0969 e. The van der Waals surface area contributed by atoms with E-state index in [1.54, 1.807) is 0 Å². The first-order valence-corrected chi connectivity index (χ1v) is 9.63. The van der Waals surface area contributed by atoms with Crippen molar-refractivity contribution in [1.29, 1.82) is 0 Å². The minimum absolute atomic E-state index is 1.14. The third-order valence-corrected chi connectivity index (χ3v) is 4.67. The van der Waals surface area contributed by atoms with Crippen molar-refractivity contribution in [2.24, 2.45) is 0 Å². The first-order valence-electron chi connectivity index (χ1n) is 9.63. The van der Waals surface area contributed by atoms with Crippen LogP contribution in [0.1, 0.15) is 90.9 Å². The van der Waals surface area contributed by atoms with Gasteiger partial charge in [0.25, 0.3) is 0 Å². The minimum Gasteiger partial charge on any atom is -0.323 e. The van der Waals surface area contributed by atoms with Gasteiger partial charge < -0.3 is 4.48 Å². The maximum atomic E-state index is 3.94. The third kappa shape index (κ3) is 13.1. The lowest BCUT2D eigenvalue weighted by molar-refractivity contribution is -0.904. The number of rotatable bonds is 16. The fourth-order valence-electron chi connectivity index (χ4n) is 3.13. The van der Waals surface area contributed by atoms with Gasteiger partial charge in [0.1, 0.15) is 0 Å². The Kier molecular flexibility index (Phi) is 14.4. The summed E-state index contributed by atoms with van der Waals surface area (Å²) in [7, 11) is 2.41. The van der Waals surface area contributed by atoms with Crippen LogP contribution >= 0.6 is 0 Å². The summed E-state index contributed by atoms with van der Waals surface area (Å²) in [5, 5.41) is 0. The zero-order valence-corrected chi connectivity index (χ0v) is 15.3. The van der Waals surface area contributed by atoms with Gasteiger partial charge >= 0.3 is 0 Å².